The molecule has 1 amide bonds. The molecule has 1 saturated heterocycles. The summed E-state index contributed by atoms with van der Waals surface area (Å²) in [6.45, 7) is 15.2. The van der Waals surface area contributed by atoms with Gasteiger partial charge in [-0.25, -0.2) is 0 Å². The molecule has 0 saturated carbocycles. The molecule has 1 rings (SSSR count). The monoisotopic (exact) mass is 299 g/mol. The first-order valence-corrected chi connectivity index (χ1v) is 8.17. The Hall–Kier alpha value is -0.650. The van der Waals surface area contributed by atoms with Crippen LogP contribution in [0.1, 0.15) is 41.0 Å². The Labute approximate surface area is 129 Å². The van der Waals surface area contributed by atoms with Gasteiger partial charge in [0.1, 0.15) is 0 Å². The molecule has 0 radical (unpaired) electrons. The average Bonchev–Trinajstić information content (AvgIpc) is 2.45. The highest BCUT2D eigenvalue weighted by molar-refractivity contribution is 5.82. The van der Waals surface area contributed by atoms with Crippen molar-refractivity contribution < 1.29 is 9.53 Å². The fourth-order valence-electron chi connectivity index (χ4n) is 2.67. The summed E-state index contributed by atoms with van der Waals surface area (Å²) in [6.07, 6.45) is 1.04. The number of carbonyl (C=O) groups excluding carboxylic acids is 1. The predicted octanol–water partition coefficient (Wildman–Crippen LogP) is 1.32. The number of hydrogen-bond acceptors (Lipinski definition) is 4. The van der Waals surface area contributed by atoms with Crippen LogP contribution in [0.2, 0.25) is 0 Å². The number of hydrogen-bond donors (Lipinski definition) is 1. The van der Waals surface area contributed by atoms with Crippen molar-refractivity contribution in [2.24, 2.45) is 11.1 Å². The fraction of sp³-hybridized carbons (Fsp3) is 0.938. The molecule has 1 unspecified atom stereocenters. The van der Waals surface area contributed by atoms with Crippen molar-refractivity contribution >= 4 is 5.91 Å². The van der Waals surface area contributed by atoms with E-state index in [1.165, 1.54) is 0 Å². The van der Waals surface area contributed by atoms with Crippen molar-refractivity contribution in [3.05, 3.63) is 0 Å². The van der Waals surface area contributed by atoms with Gasteiger partial charge in [-0.15, -0.1) is 0 Å². The van der Waals surface area contributed by atoms with Crippen LogP contribution in [0.25, 0.3) is 0 Å². The molecule has 21 heavy (non-hydrogen) atoms. The van der Waals surface area contributed by atoms with E-state index in [0.29, 0.717) is 6.04 Å². The van der Waals surface area contributed by atoms with Crippen LogP contribution in [0.3, 0.4) is 0 Å². The summed E-state index contributed by atoms with van der Waals surface area (Å²) in [4.78, 5) is 16.9. The normalized spacial score (nSPS) is 22.4. The van der Waals surface area contributed by atoms with Gasteiger partial charge in [0.15, 0.2) is 0 Å². The second-order valence-corrected chi connectivity index (χ2v) is 6.92. The summed E-state index contributed by atoms with van der Waals surface area (Å²) in [6, 6.07) is -0.0136. The van der Waals surface area contributed by atoms with Gasteiger partial charge >= 0.3 is 0 Å². The molecule has 0 aliphatic carbocycles. The van der Waals surface area contributed by atoms with Crippen LogP contribution in [0.5, 0.6) is 0 Å². The van der Waals surface area contributed by atoms with E-state index >= 15 is 0 Å². The lowest BCUT2D eigenvalue weighted by Crippen LogP contribution is -2.59. The smallest absolute Gasteiger partial charge is 0.240 e. The van der Waals surface area contributed by atoms with E-state index in [-0.39, 0.29) is 11.3 Å². The second kappa shape index (κ2) is 8.11. The number of piperazine rings is 1. The molecule has 0 spiro atoms. The number of ether oxygens (including phenoxy) is 1. The highest BCUT2D eigenvalue weighted by atomic mass is 16.5. The van der Waals surface area contributed by atoms with Crippen LogP contribution in [-0.2, 0) is 9.53 Å². The van der Waals surface area contributed by atoms with Gasteiger partial charge in [-0.05, 0) is 18.8 Å². The van der Waals surface area contributed by atoms with Crippen LogP contribution in [-0.4, -0.2) is 67.2 Å². The van der Waals surface area contributed by atoms with E-state index in [4.69, 9.17) is 10.5 Å². The Morgan fingerprint density at radius 1 is 1.33 bits per heavy atom. The standard InChI is InChI=1S/C16H33N3O2/c1-6-13-12-19(15(20)14(17)16(3,4)5)9-8-18(13)10-11-21-7-2/h13-14H,6-12,17H2,1-5H3/t13?,14-/m1/s1. The summed E-state index contributed by atoms with van der Waals surface area (Å²) >= 11 is 0. The zero-order valence-electron chi connectivity index (χ0n) is 14.4. The zero-order valence-corrected chi connectivity index (χ0v) is 14.4. The van der Waals surface area contributed by atoms with Gasteiger partial charge in [0.05, 0.1) is 12.6 Å². The SMILES string of the molecule is CCOCCN1CCN(C(=O)[C@@H](N)C(C)(C)C)CC1CC. The number of nitrogens with two attached hydrogens (primary N) is 1. The second-order valence-electron chi connectivity index (χ2n) is 6.92. The van der Waals surface area contributed by atoms with E-state index in [1.54, 1.807) is 0 Å². The van der Waals surface area contributed by atoms with E-state index in [9.17, 15) is 4.79 Å². The van der Waals surface area contributed by atoms with Crippen LogP contribution in [0.15, 0.2) is 0 Å². The lowest BCUT2D eigenvalue weighted by Gasteiger charge is -2.43. The largest absolute Gasteiger partial charge is 0.380 e. The highest BCUT2D eigenvalue weighted by Gasteiger charge is 2.34. The first-order valence-electron chi connectivity index (χ1n) is 8.17. The molecule has 1 heterocycles. The topological polar surface area (TPSA) is 58.8 Å². The van der Waals surface area contributed by atoms with Crippen molar-refractivity contribution in [1.82, 2.24) is 9.80 Å². The molecule has 5 nitrogen and oxygen atoms in total. The molecule has 124 valence electrons. The van der Waals surface area contributed by atoms with Gasteiger partial charge in [-0.2, -0.15) is 0 Å². The molecule has 0 aromatic heterocycles. The Bertz CT molecular complexity index is 328. The molecular weight excluding hydrogens is 266 g/mol. The predicted molar refractivity (Wildman–Crippen MR) is 86.2 cm³/mol. The molecule has 0 aromatic rings. The van der Waals surface area contributed by atoms with E-state index < -0.39 is 6.04 Å². The molecular formula is C16H33N3O2. The maximum atomic E-state index is 12.5. The fourth-order valence-corrected chi connectivity index (χ4v) is 2.67. The highest BCUT2D eigenvalue weighted by Crippen LogP contribution is 2.21. The molecule has 5 heteroatoms. The van der Waals surface area contributed by atoms with Crippen LogP contribution in [0, 0.1) is 5.41 Å². The lowest BCUT2D eigenvalue weighted by molar-refractivity contribution is -0.138. The average molecular weight is 299 g/mol. The number of rotatable bonds is 6. The quantitative estimate of drug-likeness (QED) is 0.752. The van der Waals surface area contributed by atoms with Crippen LogP contribution in [0.4, 0.5) is 0 Å². The Balaban J connectivity index is 2.57. The van der Waals surface area contributed by atoms with Gasteiger partial charge in [0.25, 0.3) is 0 Å². The molecule has 1 aliphatic heterocycles. The molecule has 1 fully saturated rings. The van der Waals surface area contributed by atoms with Gasteiger partial charge in [0.2, 0.25) is 5.91 Å². The van der Waals surface area contributed by atoms with Gasteiger partial charge in [-0.3, -0.25) is 9.69 Å². The van der Waals surface area contributed by atoms with Crippen molar-refractivity contribution in [3.63, 3.8) is 0 Å². The minimum atomic E-state index is -0.426. The molecule has 1 aliphatic rings. The molecule has 2 N–H and O–H groups in total. The van der Waals surface area contributed by atoms with Crippen molar-refractivity contribution in [2.75, 3.05) is 39.4 Å². The lowest BCUT2D eigenvalue weighted by atomic mass is 9.86. The molecule has 2 atom stereocenters. The minimum absolute atomic E-state index is 0.0883. The molecule has 0 aromatic carbocycles. The Kier molecular flexibility index (Phi) is 7.10. The maximum Gasteiger partial charge on any atom is 0.240 e. The summed E-state index contributed by atoms with van der Waals surface area (Å²) in [5.74, 6) is 0.0883. The van der Waals surface area contributed by atoms with Crippen molar-refractivity contribution in [3.8, 4) is 0 Å². The van der Waals surface area contributed by atoms with Gasteiger partial charge < -0.3 is 15.4 Å². The van der Waals surface area contributed by atoms with E-state index in [0.717, 1.165) is 45.8 Å². The van der Waals surface area contributed by atoms with Crippen molar-refractivity contribution in [2.45, 2.75) is 53.1 Å². The van der Waals surface area contributed by atoms with Crippen molar-refractivity contribution in [1.29, 1.82) is 0 Å². The first-order chi connectivity index (χ1) is 9.81. The third-order valence-electron chi connectivity index (χ3n) is 4.31. The third kappa shape index (κ3) is 5.24. The zero-order chi connectivity index (χ0) is 16.0. The van der Waals surface area contributed by atoms with Crippen LogP contribution >= 0.6 is 0 Å². The third-order valence-corrected chi connectivity index (χ3v) is 4.31. The van der Waals surface area contributed by atoms with E-state index in [1.807, 2.05) is 32.6 Å². The first kappa shape index (κ1) is 18.4. The summed E-state index contributed by atoms with van der Waals surface area (Å²) < 4.78 is 5.44. The Morgan fingerprint density at radius 2 is 2.00 bits per heavy atom. The minimum Gasteiger partial charge on any atom is -0.380 e. The Morgan fingerprint density at radius 3 is 2.52 bits per heavy atom. The summed E-state index contributed by atoms with van der Waals surface area (Å²) in [5, 5.41) is 0. The molecule has 0 bridgehead atoms. The number of carbonyl (C=O) groups is 1. The summed E-state index contributed by atoms with van der Waals surface area (Å²) in [7, 11) is 0. The van der Waals surface area contributed by atoms with E-state index in [2.05, 4.69) is 11.8 Å². The maximum absolute atomic E-state index is 12.5. The van der Waals surface area contributed by atoms with Crippen LogP contribution < -0.4 is 5.73 Å². The number of amides is 1. The number of nitrogens with zero attached hydrogens (tertiary/aromatic N) is 2. The van der Waals surface area contributed by atoms with Gasteiger partial charge in [0, 0.05) is 38.8 Å². The summed E-state index contributed by atoms with van der Waals surface area (Å²) in [5.41, 5.74) is 5.93. The van der Waals surface area contributed by atoms with Gasteiger partial charge in [-0.1, -0.05) is 27.7 Å².